The smallest absolute Gasteiger partial charge is 0.305 e. The highest BCUT2D eigenvalue weighted by Gasteiger charge is 2.24. The van der Waals surface area contributed by atoms with Crippen LogP contribution in [0.5, 0.6) is 0 Å². The third kappa shape index (κ3) is 3.32. The molecular formula is C9H16O4. The highest BCUT2D eigenvalue weighted by atomic mass is 16.5. The van der Waals surface area contributed by atoms with Crippen molar-refractivity contribution in [1.82, 2.24) is 0 Å². The maximum atomic E-state index is 10.8. The van der Waals surface area contributed by atoms with E-state index in [1.165, 1.54) is 7.11 Å². The molecule has 0 aliphatic carbocycles. The molecule has 13 heavy (non-hydrogen) atoms. The predicted molar refractivity (Wildman–Crippen MR) is 46.2 cm³/mol. The van der Waals surface area contributed by atoms with E-state index in [1.54, 1.807) is 0 Å². The number of aliphatic hydroxyl groups is 1. The molecule has 0 unspecified atom stereocenters. The zero-order valence-corrected chi connectivity index (χ0v) is 7.86. The summed E-state index contributed by atoms with van der Waals surface area (Å²) in [5, 5.41) is 9.52. The Labute approximate surface area is 77.8 Å². The maximum absolute atomic E-state index is 10.8. The van der Waals surface area contributed by atoms with E-state index in [1.807, 2.05) is 0 Å². The van der Waals surface area contributed by atoms with E-state index in [4.69, 9.17) is 4.74 Å². The monoisotopic (exact) mass is 188 g/mol. The fourth-order valence-corrected chi connectivity index (χ4v) is 1.47. The van der Waals surface area contributed by atoms with Gasteiger partial charge in [-0.2, -0.15) is 0 Å². The molecule has 2 atom stereocenters. The van der Waals surface area contributed by atoms with Crippen LogP contribution in [0.2, 0.25) is 0 Å². The van der Waals surface area contributed by atoms with Gasteiger partial charge in [0.25, 0.3) is 0 Å². The second-order valence-electron chi connectivity index (χ2n) is 3.31. The fraction of sp³-hybridized carbons (Fsp3) is 0.889. The molecule has 1 aliphatic heterocycles. The minimum atomic E-state index is -0.321. The van der Waals surface area contributed by atoms with E-state index in [9.17, 15) is 9.90 Å². The summed E-state index contributed by atoms with van der Waals surface area (Å²) in [6, 6.07) is 0. The molecule has 1 fully saturated rings. The van der Waals surface area contributed by atoms with Gasteiger partial charge >= 0.3 is 5.97 Å². The molecule has 0 aromatic carbocycles. The first-order valence-corrected chi connectivity index (χ1v) is 4.56. The Morgan fingerprint density at radius 3 is 3.08 bits per heavy atom. The second kappa shape index (κ2) is 5.19. The summed E-state index contributed by atoms with van der Waals surface area (Å²) in [6.45, 7) is 1.17. The fourth-order valence-electron chi connectivity index (χ4n) is 1.47. The Kier molecular flexibility index (Phi) is 4.18. The van der Waals surface area contributed by atoms with Gasteiger partial charge in [-0.25, -0.2) is 0 Å². The molecule has 1 saturated heterocycles. The first-order chi connectivity index (χ1) is 6.24. The molecule has 76 valence electrons. The van der Waals surface area contributed by atoms with Gasteiger partial charge in [-0.3, -0.25) is 4.79 Å². The van der Waals surface area contributed by atoms with Crippen molar-refractivity contribution >= 4 is 5.97 Å². The van der Waals surface area contributed by atoms with Crippen LogP contribution in [0.1, 0.15) is 19.3 Å². The third-order valence-electron chi connectivity index (χ3n) is 2.38. The van der Waals surface area contributed by atoms with Gasteiger partial charge in [0.15, 0.2) is 0 Å². The number of hydrogen-bond donors (Lipinski definition) is 1. The lowest BCUT2D eigenvalue weighted by atomic mass is 9.94. The third-order valence-corrected chi connectivity index (χ3v) is 2.38. The molecule has 0 aromatic heterocycles. The largest absolute Gasteiger partial charge is 0.469 e. The summed E-state index contributed by atoms with van der Waals surface area (Å²) in [5.41, 5.74) is 0. The molecule has 4 nitrogen and oxygen atoms in total. The van der Waals surface area contributed by atoms with Crippen molar-refractivity contribution in [2.75, 3.05) is 20.3 Å². The number of methoxy groups -OCH3 is 1. The molecule has 4 heteroatoms. The molecule has 0 aromatic rings. The quantitative estimate of drug-likeness (QED) is 0.649. The van der Waals surface area contributed by atoms with Crippen LogP contribution in [0.25, 0.3) is 0 Å². The van der Waals surface area contributed by atoms with Crippen molar-refractivity contribution in [2.24, 2.45) is 5.92 Å². The highest BCUT2D eigenvalue weighted by molar-refractivity contribution is 5.69. The van der Waals surface area contributed by atoms with Crippen LogP contribution in [0.4, 0.5) is 0 Å². The zero-order chi connectivity index (χ0) is 9.68. The molecule has 0 amide bonds. The Morgan fingerprint density at radius 2 is 2.46 bits per heavy atom. The number of aliphatic hydroxyl groups excluding tert-OH is 1. The van der Waals surface area contributed by atoms with Crippen molar-refractivity contribution < 1.29 is 19.4 Å². The van der Waals surface area contributed by atoms with Gasteiger partial charge in [0, 0.05) is 18.9 Å². The van der Waals surface area contributed by atoms with Crippen molar-refractivity contribution in [3.63, 3.8) is 0 Å². The van der Waals surface area contributed by atoms with Crippen LogP contribution in [0.3, 0.4) is 0 Å². The molecule has 1 heterocycles. The summed E-state index contributed by atoms with van der Waals surface area (Å²) < 4.78 is 9.72. The van der Waals surface area contributed by atoms with Gasteiger partial charge in [0.05, 0.1) is 19.8 Å². The van der Waals surface area contributed by atoms with Gasteiger partial charge in [-0.1, -0.05) is 0 Å². The van der Waals surface area contributed by atoms with E-state index in [-0.39, 0.29) is 18.0 Å². The lowest BCUT2D eigenvalue weighted by Gasteiger charge is -2.27. The topological polar surface area (TPSA) is 55.8 Å². The number of carbonyl (C=O) groups is 1. The maximum Gasteiger partial charge on any atom is 0.305 e. The van der Waals surface area contributed by atoms with Crippen LogP contribution in [-0.4, -0.2) is 37.5 Å². The van der Waals surface area contributed by atoms with Gasteiger partial charge in [-0.05, 0) is 12.8 Å². The van der Waals surface area contributed by atoms with Crippen LogP contribution in [-0.2, 0) is 14.3 Å². The lowest BCUT2D eigenvalue weighted by Crippen LogP contribution is -2.32. The summed E-state index contributed by atoms with van der Waals surface area (Å²) in [6.07, 6.45) is 1.36. The summed E-state index contributed by atoms with van der Waals surface area (Å²) >= 11 is 0. The minimum absolute atomic E-state index is 0.0906. The van der Waals surface area contributed by atoms with Crippen LogP contribution in [0, 0.1) is 5.92 Å². The molecule has 0 saturated carbocycles. The first kappa shape index (κ1) is 10.5. The van der Waals surface area contributed by atoms with Crippen LogP contribution < -0.4 is 0 Å². The molecule has 1 rings (SSSR count). The minimum Gasteiger partial charge on any atom is -0.469 e. The predicted octanol–water partition coefficient (Wildman–Crippen LogP) is 0.337. The Balaban J connectivity index is 2.22. The average molecular weight is 188 g/mol. The Morgan fingerprint density at radius 1 is 1.69 bits per heavy atom. The van der Waals surface area contributed by atoms with Gasteiger partial charge in [0.2, 0.25) is 0 Å². The number of hydrogen-bond acceptors (Lipinski definition) is 4. The summed E-state index contributed by atoms with van der Waals surface area (Å²) in [5.74, 6) is -0.134. The summed E-state index contributed by atoms with van der Waals surface area (Å²) in [4.78, 5) is 10.8. The number of carbonyl (C=O) groups excluding carboxylic acids is 1. The van der Waals surface area contributed by atoms with E-state index in [0.717, 1.165) is 0 Å². The number of esters is 1. The van der Waals surface area contributed by atoms with E-state index >= 15 is 0 Å². The first-order valence-electron chi connectivity index (χ1n) is 4.56. The Hall–Kier alpha value is -0.610. The SMILES string of the molecule is COC(=O)CC[C@H]1COCC[C@H]1O. The van der Waals surface area contributed by atoms with Crippen molar-refractivity contribution in [3.8, 4) is 0 Å². The van der Waals surface area contributed by atoms with Crippen LogP contribution in [0.15, 0.2) is 0 Å². The Bertz CT molecular complexity index is 169. The molecule has 0 radical (unpaired) electrons. The molecule has 0 spiro atoms. The normalized spacial score (nSPS) is 28.5. The van der Waals surface area contributed by atoms with Crippen molar-refractivity contribution in [1.29, 1.82) is 0 Å². The number of rotatable bonds is 3. The van der Waals surface area contributed by atoms with E-state index < -0.39 is 0 Å². The molecule has 1 aliphatic rings. The van der Waals surface area contributed by atoms with Crippen molar-refractivity contribution in [3.05, 3.63) is 0 Å². The highest BCUT2D eigenvalue weighted by Crippen LogP contribution is 2.19. The van der Waals surface area contributed by atoms with Crippen molar-refractivity contribution in [2.45, 2.75) is 25.4 Å². The van der Waals surface area contributed by atoms with Crippen LogP contribution >= 0.6 is 0 Å². The lowest BCUT2D eigenvalue weighted by molar-refractivity contribution is -0.141. The zero-order valence-electron chi connectivity index (χ0n) is 7.86. The van der Waals surface area contributed by atoms with Gasteiger partial charge < -0.3 is 14.6 Å². The van der Waals surface area contributed by atoms with E-state index in [0.29, 0.717) is 32.5 Å². The average Bonchev–Trinajstić information content (AvgIpc) is 2.16. The second-order valence-corrected chi connectivity index (χ2v) is 3.31. The van der Waals surface area contributed by atoms with Gasteiger partial charge in [0.1, 0.15) is 0 Å². The summed E-state index contributed by atoms with van der Waals surface area (Å²) in [7, 11) is 1.37. The standard InChI is InChI=1S/C9H16O4/c1-12-9(11)3-2-7-6-13-5-4-8(7)10/h7-8,10H,2-6H2,1H3/t7-,8+/m0/s1. The molecule has 1 N–H and O–H groups in total. The van der Waals surface area contributed by atoms with Gasteiger partial charge in [-0.15, -0.1) is 0 Å². The number of ether oxygens (including phenoxy) is 2. The van der Waals surface area contributed by atoms with E-state index in [2.05, 4.69) is 4.74 Å². The molecular weight excluding hydrogens is 172 g/mol. The molecule has 0 bridgehead atoms.